The molecule has 0 aromatic heterocycles. The zero-order chi connectivity index (χ0) is 19.6. The van der Waals surface area contributed by atoms with Gasteiger partial charge < -0.3 is 10.1 Å². The van der Waals surface area contributed by atoms with Crippen molar-refractivity contribution in [1.29, 1.82) is 0 Å². The summed E-state index contributed by atoms with van der Waals surface area (Å²) in [6, 6.07) is 9.90. The number of anilines is 2. The van der Waals surface area contributed by atoms with E-state index >= 15 is 0 Å². The summed E-state index contributed by atoms with van der Waals surface area (Å²) in [5.74, 6) is 0.105. The minimum Gasteiger partial charge on any atom is -0.482 e. The van der Waals surface area contributed by atoms with Gasteiger partial charge in [-0.05, 0) is 49.2 Å². The minimum atomic E-state index is -3.28. The van der Waals surface area contributed by atoms with E-state index in [0.29, 0.717) is 40.1 Å². The summed E-state index contributed by atoms with van der Waals surface area (Å²) >= 11 is 11.8. The molecule has 9 heteroatoms. The maximum absolute atomic E-state index is 12.2. The number of aryl methyl sites for hydroxylation is 1. The van der Waals surface area contributed by atoms with Crippen molar-refractivity contribution in [1.82, 2.24) is 0 Å². The van der Waals surface area contributed by atoms with E-state index < -0.39 is 10.0 Å². The molecule has 6 nitrogen and oxygen atoms in total. The van der Waals surface area contributed by atoms with Crippen LogP contribution in [-0.4, -0.2) is 33.2 Å². The van der Waals surface area contributed by atoms with Gasteiger partial charge in [-0.15, -0.1) is 0 Å². The van der Waals surface area contributed by atoms with Crippen LogP contribution in [-0.2, 0) is 14.8 Å². The normalized spacial score (nSPS) is 15.6. The summed E-state index contributed by atoms with van der Waals surface area (Å²) in [5, 5.41) is 3.53. The number of ether oxygens (including phenoxy) is 1. The van der Waals surface area contributed by atoms with Crippen molar-refractivity contribution >= 4 is 50.5 Å². The Hall–Kier alpha value is -1.96. The molecule has 27 heavy (non-hydrogen) atoms. The summed E-state index contributed by atoms with van der Waals surface area (Å²) < 4.78 is 31.0. The number of nitrogens with zero attached hydrogens (tertiary/aromatic N) is 1. The summed E-state index contributed by atoms with van der Waals surface area (Å²) in [6.45, 7) is 2.03. The molecule has 1 heterocycles. The zero-order valence-corrected chi connectivity index (χ0v) is 16.9. The maximum atomic E-state index is 12.2. The Morgan fingerprint density at radius 3 is 2.67 bits per heavy atom. The number of halogens is 2. The SMILES string of the molecule is Cc1ccc(N2CCCS2(=O)=O)cc1NC(=O)COc1ccc(Cl)cc1Cl. The molecule has 1 fully saturated rings. The van der Waals surface area contributed by atoms with E-state index in [1.807, 2.05) is 6.92 Å². The lowest BCUT2D eigenvalue weighted by molar-refractivity contribution is -0.118. The smallest absolute Gasteiger partial charge is 0.262 e. The fourth-order valence-corrected chi connectivity index (χ4v) is 4.77. The molecule has 0 unspecified atom stereocenters. The average Bonchev–Trinajstić information content (AvgIpc) is 2.95. The first-order valence-corrected chi connectivity index (χ1v) is 10.6. The lowest BCUT2D eigenvalue weighted by atomic mass is 10.1. The Bertz CT molecular complexity index is 979. The summed E-state index contributed by atoms with van der Waals surface area (Å²) in [7, 11) is -3.28. The third kappa shape index (κ3) is 4.66. The highest BCUT2D eigenvalue weighted by Gasteiger charge is 2.28. The minimum absolute atomic E-state index is 0.137. The Kier molecular flexibility index (Phi) is 5.83. The molecule has 1 aliphatic heterocycles. The van der Waals surface area contributed by atoms with Gasteiger partial charge in [0.1, 0.15) is 5.75 Å². The van der Waals surface area contributed by atoms with E-state index in [4.69, 9.17) is 27.9 Å². The number of sulfonamides is 1. The van der Waals surface area contributed by atoms with Crippen molar-refractivity contribution in [3.63, 3.8) is 0 Å². The second kappa shape index (κ2) is 7.96. The van der Waals surface area contributed by atoms with E-state index in [1.165, 1.54) is 10.4 Å². The lowest BCUT2D eigenvalue weighted by Gasteiger charge is -2.19. The Morgan fingerprint density at radius 2 is 2.00 bits per heavy atom. The number of hydrogen-bond acceptors (Lipinski definition) is 4. The standard InChI is InChI=1S/C18H18Cl2N2O4S/c1-12-3-5-14(22-7-2-8-27(22,24)25)10-16(12)21-18(23)11-26-17-6-4-13(19)9-15(17)20/h3-6,9-10H,2,7-8,11H2,1H3,(H,21,23). The van der Waals surface area contributed by atoms with Crippen molar-refractivity contribution in [3.8, 4) is 5.75 Å². The summed E-state index contributed by atoms with van der Waals surface area (Å²) in [5.41, 5.74) is 1.88. The highest BCUT2D eigenvalue weighted by molar-refractivity contribution is 7.93. The first-order chi connectivity index (χ1) is 12.8. The zero-order valence-electron chi connectivity index (χ0n) is 14.5. The molecule has 1 N–H and O–H groups in total. The molecule has 0 saturated carbocycles. The quantitative estimate of drug-likeness (QED) is 0.783. The largest absolute Gasteiger partial charge is 0.482 e. The molecule has 1 aliphatic rings. The van der Waals surface area contributed by atoms with E-state index in [0.717, 1.165) is 5.56 Å². The number of carbonyl (C=O) groups excluding carboxylic acids is 1. The predicted octanol–water partition coefficient (Wildman–Crippen LogP) is 3.86. The first kappa shape index (κ1) is 19.8. The van der Waals surface area contributed by atoms with Crippen molar-refractivity contribution in [2.24, 2.45) is 0 Å². The third-order valence-electron chi connectivity index (χ3n) is 4.14. The molecule has 0 aliphatic carbocycles. The van der Waals surface area contributed by atoms with Gasteiger partial charge in [-0.1, -0.05) is 29.3 Å². The van der Waals surface area contributed by atoms with E-state index in [9.17, 15) is 13.2 Å². The molecule has 0 atom stereocenters. The highest BCUT2D eigenvalue weighted by Crippen LogP contribution is 2.29. The molecule has 0 spiro atoms. The van der Waals surface area contributed by atoms with Crippen molar-refractivity contribution < 1.29 is 17.9 Å². The molecule has 3 rings (SSSR count). The van der Waals surface area contributed by atoms with Gasteiger partial charge in [0.2, 0.25) is 10.0 Å². The summed E-state index contributed by atoms with van der Waals surface area (Å²) in [4.78, 5) is 12.2. The van der Waals surface area contributed by atoms with Gasteiger partial charge in [-0.25, -0.2) is 8.42 Å². The molecular weight excluding hydrogens is 411 g/mol. The van der Waals surface area contributed by atoms with Crippen molar-refractivity contribution in [2.45, 2.75) is 13.3 Å². The van der Waals surface area contributed by atoms with Crippen LogP contribution in [0.15, 0.2) is 36.4 Å². The monoisotopic (exact) mass is 428 g/mol. The van der Waals surface area contributed by atoms with Crippen LogP contribution >= 0.6 is 23.2 Å². The van der Waals surface area contributed by atoms with Gasteiger partial charge in [0.15, 0.2) is 6.61 Å². The number of rotatable bonds is 5. The highest BCUT2D eigenvalue weighted by atomic mass is 35.5. The van der Waals surface area contributed by atoms with Gasteiger partial charge in [-0.2, -0.15) is 0 Å². The maximum Gasteiger partial charge on any atom is 0.262 e. The molecule has 1 amide bonds. The van der Waals surface area contributed by atoms with Gasteiger partial charge in [0.05, 0.1) is 16.5 Å². The second-order valence-corrected chi connectivity index (χ2v) is 9.01. The topological polar surface area (TPSA) is 75.7 Å². The Morgan fingerprint density at radius 1 is 1.22 bits per heavy atom. The fraction of sp³-hybridized carbons (Fsp3) is 0.278. The summed E-state index contributed by atoms with van der Waals surface area (Å²) in [6.07, 6.45) is 0.591. The van der Waals surface area contributed by atoms with Crippen LogP contribution in [0.3, 0.4) is 0 Å². The molecule has 2 aromatic rings. The predicted molar refractivity (Wildman–Crippen MR) is 108 cm³/mol. The van der Waals surface area contributed by atoms with Crippen molar-refractivity contribution in [3.05, 3.63) is 52.0 Å². The van der Waals surface area contributed by atoms with Crippen LogP contribution in [0.25, 0.3) is 0 Å². The lowest BCUT2D eigenvalue weighted by Crippen LogP contribution is -2.25. The van der Waals surface area contributed by atoms with Crippen LogP contribution in [0.2, 0.25) is 10.0 Å². The Labute approximate surface area is 168 Å². The van der Waals surface area contributed by atoms with E-state index in [-0.39, 0.29) is 18.3 Å². The fourth-order valence-electron chi connectivity index (χ4n) is 2.75. The van der Waals surface area contributed by atoms with Crippen LogP contribution in [0.4, 0.5) is 11.4 Å². The molecular formula is C18H18Cl2N2O4S. The van der Waals surface area contributed by atoms with Crippen molar-refractivity contribution in [2.75, 3.05) is 28.5 Å². The number of carbonyl (C=O) groups is 1. The average molecular weight is 429 g/mol. The number of hydrogen-bond donors (Lipinski definition) is 1. The molecule has 144 valence electrons. The second-order valence-electron chi connectivity index (χ2n) is 6.15. The molecule has 0 radical (unpaired) electrons. The number of nitrogens with one attached hydrogen (secondary N) is 1. The number of benzene rings is 2. The van der Waals surface area contributed by atoms with Gasteiger partial charge in [-0.3, -0.25) is 9.10 Å². The van der Waals surface area contributed by atoms with Crippen LogP contribution in [0.1, 0.15) is 12.0 Å². The molecule has 0 bridgehead atoms. The van der Waals surface area contributed by atoms with E-state index in [1.54, 1.807) is 30.3 Å². The first-order valence-electron chi connectivity index (χ1n) is 8.25. The Balaban J connectivity index is 1.69. The van der Waals surface area contributed by atoms with Gasteiger partial charge >= 0.3 is 0 Å². The van der Waals surface area contributed by atoms with Gasteiger partial charge in [0, 0.05) is 17.3 Å². The van der Waals surface area contributed by atoms with Crippen LogP contribution < -0.4 is 14.4 Å². The molecule has 1 saturated heterocycles. The van der Waals surface area contributed by atoms with Crippen LogP contribution in [0, 0.1) is 6.92 Å². The molecule has 2 aromatic carbocycles. The van der Waals surface area contributed by atoms with Crippen LogP contribution in [0.5, 0.6) is 5.75 Å². The number of amides is 1. The van der Waals surface area contributed by atoms with Gasteiger partial charge in [0.25, 0.3) is 5.91 Å². The van der Waals surface area contributed by atoms with E-state index in [2.05, 4.69) is 5.32 Å². The third-order valence-corrected chi connectivity index (χ3v) is 6.54.